The van der Waals surface area contributed by atoms with Gasteiger partial charge in [0.2, 0.25) is 0 Å². The van der Waals surface area contributed by atoms with E-state index in [1.165, 1.54) is 0 Å². The fraction of sp³-hybridized carbons (Fsp3) is 0.900. The third-order valence-corrected chi connectivity index (χ3v) is 10.3. The van der Waals surface area contributed by atoms with Crippen LogP contribution in [0.5, 0.6) is 0 Å². The van der Waals surface area contributed by atoms with Gasteiger partial charge >= 0.3 is 0 Å². The fourth-order valence-corrected chi connectivity index (χ4v) is 6.86. The molecule has 0 bridgehead atoms. The molecule has 1 aliphatic heterocycles. The molecular formula is C30H57NO. The van der Waals surface area contributed by atoms with Crippen molar-refractivity contribution in [2.45, 2.75) is 146 Å². The highest BCUT2D eigenvalue weighted by Crippen LogP contribution is 2.55. The van der Waals surface area contributed by atoms with Crippen molar-refractivity contribution in [1.29, 1.82) is 0 Å². The van der Waals surface area contributed by atoms with Gasteiger partial charge in [-0.3, -0.25) is 4.79 Å². The van der Waals surface area contributed by atoms with E-state index in [0.717, 1.165) is 51.4 Å². The van der Waals surface area contributed by atoms with Crippen LogP contribution in [0.4, 0.5) is 0 Å². The lowest BCUT2D eigenvalue weighted by Crippen LogP contribution is -2.64. The molecule has 2 nitrogen and oxygen atoms in total. The van der Waals surface area contributed by atoms with Gasteiger partial charge in [-0.2, -0.15) is 0 Å². The third-order valence-electron chi connectivity index (χ3n) is 10.3. The molecule has 2 heteroatoms. The van der Waals surface area contributed by atoms with Gasteiger partial charge in [-0.15, -0.1) is 6.58 Å². The molecule has 1 fully saturated rings. The molecule has 0 spiro atoms. The van der Waals surface area contributed by atoms with Gasteiger partial charge in [-0.25, -0.2) is 0 Å². The first-order valence-electron chi connectivity index (χ1n) is 13.5. The Morgan fingerprint density at radius 2 is 1.47 bits per heavy atom. The molecule has 1 rings (SSSR count). The summed E-state index contributed by atoms with van der Waals surface area (Å²) in [6.45, 7) is 32.2. The number of ketones is 1. The highest BCUT2D eigenvalue weighted by molar-refractivity contribution is 5.87. The number of Topliss-reactive ketones (excluding diaryl/α,β-unsaturated/α-hetero) is 1. The quantitative estimate of drug-likeness (QED) is 0.377. The smallest absolute Gasteiger partial charge is 0.142 e. The molecule has 32 heavy (non-hydrogen) atoms. The van der Waals surface area contributed by atoms with Crippen molar-refractivity contribution in [2.75, 3.05) is 0 Å². The van der Waals surface area contributed by atoms with Crippen molar-refractivity contribution in [2.24, 2.45) is 27.6 Å². The lowest BCUT2D eigenvalue weighted by molar-refractivity contribution is -0.140. The lowest BCUT2D eigenvalue weighted by atomic mass is 9.53. The van der Waals surface area contributed by atoms with E-state index >= 15 is 0 Å². The summed E-state index contributed by atoms with van der Waals surface area (Å²) < 4.78 is 0. The molecule has 1 heterocycles. The van der Waals surface area contributed by atoms with Crippen LogP contribution >= 0.6 is 0 Å². The summed E-state index contributed by atoms with van der Waals surface area (Å²) in [5.41, 5.74) is -0.336. The van der Waals surface area contributed by atoms with Crippen LogP contribution in [0, 0.1) is 27.6 Å². The van der Waals surface area contributed by atoms with Crippen molar-refractivity contribution in [3.63, 3.8) is 0 Å². The molecule has 0 aliphatic carbocycles. The Morgan fingerprint density at radius 1 is 0.938 bits per heavy atom. The first kappa shape index (κ1) is 29.4. The van der Waals surface area contributed by atoms with Gasteiger partial charge in [0.25, 0.3) is 0 Å². The van der Waals surface area contributed by atoms with Crippen LogP contribution in [0.3, 0.4) is 0 Å². The van der Waals surface area contributed by atoms with E-state index in [4.69, 9.17) is 0 Å². The fourth-order valence-electron chi connectivity index (χ4n) is 6.86. The normalized spacial score (nSPS) is 38.8. The lowest BCUT2D eigenvalue weighted by Gasteiger charge is -2.57. The Balaban J connectivity index is 3.79. The molecule has 1 aliphatic rings. The van der Waals surface area contributed by atoms with Crippen LogP contribution in [0.1, 0.15) is 134 Å². The van der Waals surface area contributed by atoms with Gasteiger partial charge in [-0.05, 0) is 81.5 Å². The highest BCUT2D eigenvalue weighted by atomic mass is 16.1. The summed E-state index contributed by atoms with van der Waals surface area (Å²) >= 11 is 0. The van der Waals surface area contributed by atoms with E-state index in [1.54, 1.807) is 0 Å². The molecule has 1 N–H and O–H groups in total. The number of nitrogens with one attached hydrogen (secondary N) is 1. The van der Waals surface area contributed by atoms with E-state index in [0.29, 0.717) is 5.78 Å². The molecule has 0 aromatic rings. The summed E-state index contributed by atoms with van der Waals surface area (Å²) in [4.78, 5) is 14.3. The molecule has 1 saturated heterocycles. The number of hydrogen-bond donors (Lipinski definition) is 1. The second kappa shape index (κ2) is 9.93. The number of carbonyl (C=O) groups is 1. The molecule has 0 aromatic carbocycles. The van der Waals surface area contributed by atoms with Crippen molar-refractivity contribution in [3.05, 3.63) is 12.7 Å². The Labute approximate surface area is 201 Å². The summed E-state index contributed by atoms with van der Waals surface area (Å²) in [5, 5.41) is 4.14. The van der Waals surface area contributed by atoms with Crippen molar-refractivity contribution < 1.29 is 4.79 Å². The van der Waals surface area contributed by atoms with E-state index in [2.05, 4.69) is 101 Å². The van der Waals surface area contributed by atoms with Gasteiger partial charge in [0, 0.05) is 22.4 Å². The SMILES string of the molecule is C=C[C@@]1(C)C[C@@](C)(CC)C(C(=O)C(C)(CC)CC)CC(C)(C)C[C@@](C)(CC)C(C)(CC)N1. The number of carbonyl (C=O) groups excluding carboxylic acids is 1. The minimum atomic E-state index is -0.245. The van der Waals surface area contributed by atoms with Gasteiger partial charge in [0.05, 0.1) is 0 Å². The van der Waals surface area contributed by atoms with Crippen molar-refractivity contribution in [3.8, 4) is 0 Å². The summed E-state index contributed by atoms with van der Waals surface area (Å²) in [6.07, 6.45) is 10.2. The number of rotatable bonds is 8. The third kappa shape index (κ3) is 5.53. The maximum Gasteiger partial charge on any atom is 0.142 e. The van der Waals surface area contributed by atoms with Crippen LogP contribution in [-0.4, -0.2) is 16.9 Å². The molecule has 2 unspecified atom stereocenters. The van der Waals surface area contributed by atoms with Crippen LogP contribution < -0.4 is 5.32 Å². The van der Waals surface area contributed by atoms with E-state index in [9.17, 15) is 4.79 Å². The van der Waals surface area contributed by atoms with Crippen LogP contribution in [-0.2, 0) is 4.79 Å². The zero-order valence-corrected chi connectivity index (χ0v) is 23.9. The minimum Gasteiger partial charge on any atom is -0.302 e. The molecule has 5 atom stereocenters. The van der Waals surface area contributed by atoms with Crippen LogP contribution in [0.25, 0.3) is 0 Å². The first-order valence-corrected chi connectivity index (χ1v) is 13.5. The maximum absolute atomic E-state index is 14.3. The van der Waals surface area contributed by atoms with Gasteiger partial charge < -0.3 is 5.32 Å². The summed E-state index contributed by atoms with van der Waals surface area (Å²) in [7, 11) is 0. The van der Waals surface area contributed by atoms with Gasteiger partial charge in [0.1, 0.15) is 5.78 Å². The molecule has 0 saturated carbocycles. The molecule has 188 valence electrons. The van der Waals surface area contributed by atoms with Gasteiger partial charge in [-0.1, -0.05) is 75.3 Å². The van der Waals surface area contributed by atoms with Crippen molar-refractivity contribution in [1.82, 2.24) is 5.32 Å². The molecule has 0 radical (unpaired) electrons. The van der Waals surface area contributed by atoms with E-state index in [-0.39, 0.29) is 38.7 Å². The minimum absolute atomic E-state index is 0.00515. The zero-order valence-electron chi connectivity index (χ0n) is 23.9. The zero-order chi connectivity index (χ0) is 25.2. The molecule has 0 aromatic heterocycles. The highest BCUT2D eigenvalue weighted by Gasteiger charge is 2.54. The summed E-state index contributed by atoms with van der Waals surface area (Å²) in [5.74, 6) is 0.545. The standard InChI is InChI=1S/C30H57NO/c1-14-26(9,15-2)24(32)23-20-25(7,8)21-28(11,17-4)30(13,19-6)31-29(12,18-5)22-27(23,10)16-3/h18,23,31H,5,14-17,19-22H2,1-4,6-13H3/t23?,27-,28-,29+,30?/m1/s1. The van der Waals surface area contributed by atoms with Crippen LogP contribution in [0.2, 0.25) is 0 Å². The Morgan fingerprint density at radius 3 is 1.84 bits per heavy atom. The topological polar surface area (TPSA) is 29.1 Å². The van der Waals surface area contributed by atoms with Crippen molar-refractivity contribution >= 4 is 5.78 Å². The molecular weight excluding hydrogens is 390 g/mol. The largest absolute Gasteiger partial charge is 0.302 e. The molecule has 0 amide bonds. The van der Waals surface area contributed by atoms with Crippen LogP contribution in [0.15, 0.2) is 12.7 Å². The van der Waals surface area contributed by atoms with E-state index < -0.39 is 0 Å². The average Bonchev–Trinajstić information content (AvgIpc) is 2.74. The monoisotopic (exact) mass is 447 g/mol. The Bertz CT molecular complexity index is 662. The number of hydrogen-bond acceptors (Lipinski definition) is 2. The van der Waals surface area contributed by atoms with Gasteiger partial charge in [0.15, 0.2) is 0 Å². The van der Waals surface area contributed by atoms with E-state index in [1.807, 2.05) is 0 Å². The first-order chi connectivity index (χ1) is 14.5. The second-order valence-corrected chi connectivity index (χ2v) is 13.3. The summed E-state index contributed by atoms with van der Waals surface area (Å²) in [6, 6.07) is 0. The second-order valence-electron chi connectivity index (χ2n) is 13.3. The Hall–Kier alpha value is -0.630. The maximum atomic E-state index is 14.3. The Kier molecular flexibility index (Phi) is 9.12. The predicted octanol–water partition coefficient (Wildman–Crippen LogP) is 8.74. The predicted molar refractivity (Wildman–Crippen MR) is 142 cm³/mol. The average molecular weight is 448 g/mol.